The molecule has 4 rings (SSSR count). The molecular weight excluding hydrogens is 472 g/mol. The number of aromatic nitrogens is 2. The van der Waals surface area contributed by atoms with E-state index in [1.165, 1.54) is 15.6 Å². The summed E-state index contributed by atoms with van der Waals surface area (Å²) >= 11 is 1.52. The van der Waals surface area contributed by atoms with Crippen LogP contribution in [0.4, 0.5) is 0 Å². The zero-order valence-corrected chi connectivity index (χ0v) is 21.5. The van der Waals surface area contributed by atoms with E-state index in [0.717, 1.165) is 10.4 Å². The molecule has 0 bridgehead atoms. The van der Waals surface area contributed by atoms with Gasteiger partial charge >= 0.3 is 0 Å². The van der Waals surface area contributed by atoms with Gasteiger partial charge in [0.1, 0.15) is 6.54 Å². The van der Waals surface area contributed by atoms with Crippen LogP contribution in [0.2, 0.25) is 0 Å². The van der Waals surface area contributed by atoms with Crippen molar-refractivity contribution in [2.45, 2.75) is 57.5 Å². The van der Waals surface area contributed by atoms with Crippen LogP contribution in [0.1, 0.15) is 45.1 Å². The summed E-state index contributed by atoms with van der Waals surface area (Å²) in [6, 6.07) is 10.7. The molecule has 0 aliphatic carbocycles. The number of carbonyl (C=O) groups excluding carboxylic acids is 1. The van der Waals surface area contributed by atoms with Gasteiger partial charge in [0.05, 0.1) is 15.7 Å². The normalized spacial score (nSPS) is 17.6. The fourth-order valence-corrected chi connectivity index (χ4v) is 6.22. The summed E-state index contributed by atoms with van der Waals surface area (Å²) in [5.74, 6) is 0.311. The maximum absolute atomic E-state index is 13.7. The quantitative estimate of drug-likeness (QED) is 0.498. The lowest BCUT2D eigenvalue weighted by molar-refractivity contribution is -0.143. The number of thiophene rings is 1. The van der Waals surface area contributed by atoms with Gasteiger partial charge in [-0.05, 0) is 64.1 Å². The van der Waals surface area contributed by atoms with E-state index in [-0.39, 0.29) is 23.9 Å². The van der Waals surface area contributed by atoms with Crippen molar-refractivity contribution in [2.75, 3.05) is 13.1 Å². The first-order valence-electron chi connectivity index (χ1n) is 11.3. The molecule has 0 N–H and O–H groups in total. The van der Waals surface area contributed by atoms with Crippen molar-refractivity contribution in [3.8, 4) is 10.7 Å². The third kappa shape index (κ3) is 5.24. The Balaban J connectivity index is 1.52. The molecule has 1 saturated heterocycles. The molecule has 1 fully saturated rings. The zero-order chi connectivity index (χ0) is 24.5. The Bertz CT molecular complexity index is 1230. The first kappa shape index (κ1) is 24.6. The molecule has 10 heteroatoms. The minimum absolute atomic E-state index is 0.104. The smallest absolute Gasteiger partial charge is 0.246 e. The third-order valence-electron chi connectivity index (χ3n) is 5.97. The number of benzene rings is 1. The fraction of sp³-hybridized carbons (Fsp3) is 0.458. The van der Waals surface area contributed by atoms with Crippen LogP contribution in [0, 0.1) is 12.8 Å². The summed E-state index contributed by atoms with van der Waals surface area (Å²) in [6.45, 7) is 8.50. The van der Waals surface area contributed by atoms with E-state index in [9.17, 15) is 13.2 Å². The standard InChI is InChI=1S/C24H30N4O4S2/c1-17-9-11-19(12-10-17)34(30,31)27-13-5-7-18(15-27)23(29)28(24(2,3)4)16-21-25-22(26-32-21)20-8-6-14-33-20/h6,8-12,14,18H,5,7,13,15-16H2,1-4H3. The molecule has 1 aromatic carbocycles. The maximum atomic E-state index is 13.7. The summed E-state index contributed by atoms with van der Waals surface area (Å²) in [7, 11) is -3.66. The highest BCUT2D eigenvalue weighted by atomic mass is 32.2. The molecule has 34 heavy (non-hydrogen) atoms. The van der Waals surface area contributed by atoms with E-state index in [1.54, 1.807) is 29.2 Å². The summed E-state index contributed by atoms with van der Waals surface area (Å²) in [6.07, 6.45) is 1.26. The number of nitrogens with zero attached hydrogens (tertiary/aromatic N) is 4. The largest absolute Gasteiger partial charge is 0.337 e. The Morgan fingerprint density at radius 3 is 2.62 bits per heavy atom. The molecule has 1 atom stereocenters. The Kier molecular flexibility index (Phi) is 6.93. The van der Waals surface area contributed by atoms with Crippen LogP contribution in [0.15, 0.2) is 51.2 Å². The number of hydrogen-bond acceptors (Lipinski definition) is 7. The number of aryl methyl sites for hydroxylation is 1. The third-order valence-corrected chi connectivity index (χ3v) is 8.72. The molecule has 182 valence electrons. The Hall–Kier alpha value is -2.56. The van der Waals surface area contributed by atoms with Crippen molar-refractivity contribution in [3.05, 3.63) is 53.2 Å². The molecule has 0 radical (unpaired) electrons. The summed E-state index contributed by atoms with van der Waals surface area (Å²) in [5.41, 5.74) is 0.488. The van der Waals surface area contributed by atoms with Gasteiger partial charge in [-0.25, -0.2) is 8.42 Å². The van der Waals surface area contributed by atoms with Gasteiger partial charge in [0.2, 0.25) is 27.6 Å². The number of piperidine rings is 1. The van der Waals surface area contributed by atoms with Crippen molar-refractivity contribution in [1.29, 1.82) is 0 Å². The number of rotatable bonds is 6. The lowest BCUT2D eigenvalue weighted by Crippen LogP contribution is -2.51. The van der Waals surface area contributed by atoms with Gasteiger partial charge in [0.15, 0.2) is 0 Å². The molecular formula is C24H30N4O4S2. The second-order valence-electron chi connectivity index (χ2n) is 9.60. The van der Waals surface area contributed by atoms with Gasteiger partial charge in [-0.3, -0.25) is 4.79 Å². The highest BCUT2D eigenvalue weighted by Gasteiger charge is 2.38. The van der Waals surface area contributed by atoms with E-state index >= 15 is 0 Å². The van der Waals surface area contributed by atoms with Gasteiger partial charge < -0.3 is 9.42 Å². The zero-order valence-electron chi connectivity index (χ0n) is 19.9. The van der Waals surface area contributed by atoms with E-state index in [4.69, 9.17) is 4.52 Å². The molecule has 3 heterocycles. The summed E-state index contributed by atoms with van der Waals surface area (Å²) < 4.78 is 33.3. The summed E-state index contributed by atoms with van der Waals surface area (Å²) in [5, 5.41) is 5.99. The first-order chi connectivity index (χ1) is 16.1. The first-order valence-corrected chi connectivity index (χ1v) is 13.6. The minimum atomic E-state index is -3.66. The van der Waals surface area contributed by atoms with E-state index in [1.807, 2.05) is 45.2 Å². The van der Waals surface area contributed by atoms with Crippen LogP contribution in [-0.4, -0.2) is 52.3 Å². The van der Waals surface area contributed by atoms with E-state index < -0.39 is 21.5 Å². The van der Waals surface area contributed by atoms with Crippen molar-refractivity contribution >= 4 is 27.3 Å². The molecule has 0 spiro atoms. The number of amides is 1. The summed E-state index contributed by atoms with van der Waals surface area (Å²) in [4.78, 5) is 21.0. The predicted octanol–water partition coefficient (Wildman–Crippen LogP) is 4.33. The highest BCUT2D eigenvalue weighted by molar-refractivity contribution is 7.89. The van der Waals surface area contributed by atoms with Gasteiger partial charge in [-0.2, -0.15) is 9.29 Å². The second kappa shape index (κ2) is 9.59. The molecule has 8 nitrogen and oxygen atoms in total. The van der Waals surface area contributed by atoms with Gasteiger partial charge in [-0.1, -0.05) is 28.9 Å². The van der Waals surface area contributed by atoms with Crippen molar-refractivity contribution in [3.63, 3.8) is 0 Å². The van der Waals surface area contributed by atoms with Crippen LogP contribution in [-0.2, 0) is 21.4 Å². The number of hydrogen-bond donors (Lipinski definition) is 0. The van der Waals surface area contributed by atoms with Gasteiger partial charge in [0, 0.05) is 18.6 Å². The number of sulfonamides is 1. The highest BCUT2D eigenvalue weighted by Crippen LogP contribution is 2.29. The van der Waals surface area contributed by atoms with Crippen molar-refractivity contribution in [2.24, 2.45) is 5.92 Å². The minimum Gasteiger partial charge on any atom is -0.337 e. The van der Waals surface area contributed by atoms with Crippen LogP contribution in [0.3, 0.4) is 0 Å². The van der Waals surface area contributed by atoms with Crippen molar-refractivity contribution < 1.29 is 17.7 Å². The SMILES string of the molecule is Cc1ccc(S(=O)(=O)N2CCCC(C(=O)N(Cc3nc(-c4cccs4)no3)C(C)(C)C)C2)cc1. The average molecular weight is 503 g/mol. The van der Waals surface area contributed by atoms with Gasteiger partial charge in [0.25, 0.3) is 0 Å². The number of carbonyl (C=O) groups is 1. The van der Waals surface area contributed by atoms with Crippen LogP contribution in [0.5, 0.6) is 0 Å². The van der Waals surface area contributed by atoms with Gasteiger partial charge in [-0.15, -0.1) is 11.3 Å². The predicted molar refractivity (Wildman–Crippen MR) is 131 cm³/mol. The van der Waals surface area contributed by atoms with Crippen molar-refractivity contribution in [1.82, 2.24) is 19.3 Å². The second-order valence-corrected chi connectivity index (χ2v) is 12.5. The molecule has 0 saturated carbocycles. The lowest BCUT2D eigenvalue weighted by atomic mass is 9.95. The van der Waals surface area contributed by atoms with Crippen LogP contribution < -0.4 is 0 Å². The molecule has 1 amide bonds. The average Bonchev–Trinajstić information content (AvgIpc) is 3.49. The lowest BCUT2D eigenvalue weighted by Gasteiger charge is -2.39. The molecule has 3 aromatic rings. The van der Waals surface area contributed by atoms with E-state index in [2.05, 4.69) is 10.1 Å². The Morgan fingerprint density at radius 2 is 1.97 bits per heavy atom. The van der Waals surface area contributed by atoms with Crippen LogP contribution >= 0.6 is 11.3 Å². The monoisotopic (exact) mass is 502 g/mol. The topological polar surface area (TPSA) is 96.6 Å². The molecule has 1 aliphatic heterocycles. The molecule has 2 aromatic heterocycles. The van der Waals surface area contributed by atoms with Crippen LogP contribution in [0.25, 0.3) is 10.7 Å². The fourth-order valence-electron chi connectivity index (χ4n) is 4.05. The maximum Gasteiger partial charge on any atom is 0.246 e. The van der Waals surface area contributed by atoms with E-state index in [0.29, 0.717) is 31.1 Å². The molecule has 1 aliphatic rings. The Labute approximate surface area is 204 Å². The molecule has 1 unspecified atom stereocenters. The Morgan fingerprint density at radius 1 is 1.24 bits per heavy atom.